The normalized spacial score (nSPS) is 26.1. The molecule has 2 unspecified atom stereocenters. The van der Waals surface area contributed by atoms with Gasteiger partial charge < -0.3 is 0 Å². The van der Waals surface area contributed by atoms with Gasteiger partial charge in [0.2, 0.25) is 0 Å². The first-order chi connectivity index (χ1) is 15.3. The monoisotopic (exact) mass is 434 g/mol. The third-order valence-electron chi connectivity index (χ3n) is 7.80. The predicted molar refractivity (Wildman–Crippen MR) is 145 cm³/mol. The van der Waals surface area contributed by atoms with E-state index >= 15 is 0 Å². The van der Waals surface area contributed by atoms with Crippen molar-refractivity contribution in [1.82, 2.24) is 0 Å². The highest BCUT2D eigenvalue weighted by atomic mass is 14.3. The van der Waals surface area contributed by atoms with E-state index in [1.54, 1.807) is 22.3 Å². The van der Waals surface area contributed by atoms with Crippen LogP contribution in [0.15, 0.2) is 70.4 Å². The smallest absolute Gasteiger partial charge is 0.0128 e. The molecule has 0 saturated heterocycles. The summed E-state index contributed by atoms with van der Waals surface area (Å²) >= 11 is 0. The molecule has 0 radical (unpaired) electrons. The average molecular weight is 435 g/mol. The van der Waals surface area contributed by atoms with Crippen LogP contribution in [0.3, 0.4) is 0 Å². The fraction of sp³-hybridized carbons (Fsp3) is 0.625. The van der Waals surface area contributed by atoms with Crippen molar-refractivity contribution in [3.05, 3.63) is 70.4 Å². The summed E-state index contributed by atoms with van der Waals surface area (Å²) in [6.07, 6.45) is 24.7. The molecule has 0 aromatic heterocycles. The van der Waals surface area contributed by atoms with Gasteiger partial charge in [0.25, 0.3) is 0 Å². The highest BCUT2D eigenvalue weighted by Gasteiger charge is 2.27. The molecule has 0 aliphatic heterocycles. The molecule has 0 fully saturated rings. The second-order valence-corrected chi connectivity index (χ2v) is 10.8. The van der Waals surface area contributed by atoms with Gasteiger partial charge in [-0.1, -0.05) is 105 Å². The van der Waals surface area contributed by atoms with E-state index in [0.29, 0.717) is 11.3 Å². The van der Waals surface area contributed by atoms with Crippen molar-refractivity contribution in [3.8, 4) is 0 Å². The zero-order chi connectivity index (χ0) is 23.7. The van der Waals surface area contributed by atoms with Gasteiger partial charge in [-0.25, -0.2) is 0 Å². The molecule has 0 amide bonds. The lowest BCUT2D eigenvalue weighted by atomic mass is 9.71. The topological polar surface area (TPSA) is 0 Å². The fourth-order valence-electron chi connectivity index (χ4n) is 5.93. The van der Waals surface area contributed by atoms with Gasteiger partial charge in [0.15, 0.2) is 0 Å². The van der Waals surface area contributed by atoms with Crippen LogP contribution in [0.4, 0.5) is 0 Å². The minimum Gasteiger partial charge on any atom is -0.0958 e. The van der Waals surface area contributed by atoms with E-state index < -0.39 is 0 Å². The maximum atomic E-state index is 4.17. The SMILES string of the molecule is C=C1C=C(C2CC=C(CC/C=C(\C)C=CCC3=C(C)CCCC3(C)C)CC2)C(C)C1.CC. The molecule has 178 valence electrons. The van der Waals surface area contributed by atoms with Gasteiger partial charge in [-0.2, -0.15) is 0 Å². The maximum absolute atomic E-state index is 4.17. The van der Waals surface area contributed by atoms with Crippen LogP contribution in [-0.2, 0) is 0 Å². The first-order valence-electron chi connectivity index (χ1n) is 13.4. The third kappa shape index (κ3) is 7.50. The summed E-state index contributed by atoms with van der Waals surface area (Å²) < 4.78 is 0. The Morgan fingerprint density at radius 1 is 1.22 bits per heavy atom. The van der Waals surface area contributed by atoms with Crippen LogP contribution in [0.2, 0.25) is 0 Å². The highest BCUT2D eigenvalue weighted by molar-refractivity contribution is 5.33. The van der Waals surface area contributed by atoms with Crippen LogP contribution < -0.4 is 0 Å². The van der Waals surface area contributed by atoms with Gasteiger partial charge in [0, 0.05) is 0 Å². The van der Waals surface area contributed by atoms with Crippen LogP contribution in [0, 0.1) is 17.3 Å². The second kappa shape index (κ2) is 12.6. The third-order valence-corrected chi connectivity index (χ3v) is 7.80. The Labute approximate surface area is 200 Å². The van der Waals surface area contributed by atoms with Gasteiger partial charge in [-0.05, 0) is 95.3 Å². The van der Waals surface area contributed by atoms with E-state index in [9.17, 15) is 0 Å². The first kappa shape index (κ1) is 26.7. The molecule has 0 aromatic carbocycles. The van der Waals surface area contributed by atoms with Crippen LogP contribution in [0.25, 0.3) is 0 Å². The Hall–Kier alpha value is -1.56. The van der Waals surface area contributed by atoms with Crippen LogP contribution in [-0.4, -0.2) is 0 Å². The number of rotatable bonds is 7. The van der Waals surface area contributed by atoms with E-state index in [1.165, 1.54) is 68.9 Å². The Kier molecular flexibility index (Phi) is 10.5. The summed E-state index contributed by atoms with van der Waals surface area (Å²) in [6, 6.07) is 0. The Morgan fingerprint density at radius 3 is 2.56 bits per heavy atom. The molecule has 0 saturated carbocycles. The van der Waals surface area contributed by atoms with Crippen molar-refractivity contribution >= 4 is 0 Å². The van der Waals surface area contributed by atoms with Gasteiger partial charge in [0.1, 0.15) is 0 Å². The molecule has 2 atom stereocenters. The molecule has 32 heavy (non-hydrogen) atoms. The van der Waals surface area contributed by atoms with E-state index in [0.717, 1.165) is 12.3 Å². The summed E-state index contributed by atoms with van der Waals surface area (Å²) in [5, 5.41) is 0. The van der Waals surface area contributed by atoms with Crippen molar-refractivity contribution in [2.75, 3.05) is 0 Å². The number of allylic oxidation sites excluding steroid dienone is 11. The molecule has 0 aromatic rings. The van der Waals surface area contributed by atoms with Crippen molar-refractivity contribution in [3.63, 3.8) is 0 Å². The Balaban J connectivity index is 0.00000176. The zero-order valence-corrected chi connectivity index (χ0v) is 22.3. The molecule has 0 nitrogen and oxygen atoms in total. The molecule has 0 spiro atoms. The number of hydrogen-bond acceptors (Lipinski definition) is 0. The van der Waals surface area contributed by atoms with Crippen molar-refractivity contribution in [2.24, 2.45) is 17.3 Å². The highest BCUT2D eigenvalue weighted by Crippen LogP contribution is 2.42. The van der Waals surface area contributed by atoms with E-state index in [4.69, 9.17) is 0 Å². The predicted octanol–water partition coefficient (Wildman–Crippen LogP) is 10.5. The maximum Gasteiger partial charge on any atom is -0.0128 e. The fourth-order valence-corrected chi connectivity index (χ4v) is 5.93. The van der Waals surface area contributed by atoms with Crippen molar-refractivity contribution in [1.29, 1.82) is 0 Å². The minimum atomic E-state index is 0.384. The first-order valence-corrected chi connectivity index (χ1v) is 13.4. The van der Waals surface area contributed by atoms with Crippen LogP contribution >= 0.6 is 0 Å². The largest absolute Gasteiger partial charge is 0.0958 e. The van der Waals surface area contributed by atoms with E-state index in [1.807, 2.05) is 13.8 Å². The molecule has 0 heteroatoms. The molecule has 0 N–H and O–H groups in total. The van der Waals surface area contributed by atoms with Crippen molar-refractivity contribution in [2.45, 2.75) is 113 Å². The lowest BCUT2D eigenvalue weighted by Crippen LogP contribution is -2.19. The van der Waals surface area contributed by atoms with Gasteiger partial charge in [-0.15, -0.1) is 0 Å². The Morgan fingerprint density at radius 2 is 1.97 bits per heavy atom. The molecule has 3 rings (SSSR count). The molecular formula is C32H50. The molecule has 0 bridgehead atoms. The molecule has 3 aliphatic rings. The molecular weight excluding hydrogens is 384 g/mol. The van der Waals surface area contributed by atoms with Crippen LogP contribution in [0.5, 0.6) is 0 Å². The van der Waals surface area contributed by atoms with Gasteiger partial charge in [0.05, 0.1) is 0 Å². The lowest BCUT2D eigenvalue weighted by molar-refractivity contribution is 0.361. The summed E-state index contributed by atoms with van der Waals surface area (Å²) in [6.45, 7) is 20.0. The van der Waals surface area contributed by atoms with E-state index in [2.05, 4.69) is 71.6 Å². The summed E-state index contributed by atoms with van der Waals surface area (Å²) in [5.74, 6) is 1.48. The summed E-state index contributed by atoms with van der Waals surface area (Å²) in [5.41, 5.74) is 9.78. The van der Waals surface area contributed by atoms with E-state index in [-0.39, 0.29) is 0 Å². The number of hydrogen-bond donors (Lipinski definition) is 0. The van der Waals surface area contributed by atoms with Crippen molar-refractivity contribution < 1.29 is 0 Å². The average Bonchev–Trinajstić information content (AvgIpc) is 3.10. The minimum absolute atomic E-state index is 0.384. The quantitative estimate of drug-likeness (QED) is 0.276. The summed E-state index contributed by atoms with van der Waals surface area (Å²) in [7, 11) is 0. The zero-order valence-electron chi connectivity index (χ0n) is 22.3. The van der Waals surface area contributed by atoms with Gasteiger partial charge >= 0.3 is 0 Å². The van der Waals surface area contributed by atoms with Gasteiger partial charge in [-0.3, -0.25) is 0 Å². The Bertz CT molecular complexity index is 790. The molecule has 3 aliphatic carbocycles. The molecule has 0 heterocycles. The second-order valence-electron chi connectivity index (χ2n) is 10.8. The van der Waals surface area contributed by atoms with Crippen LogP contribution in [0.1, 0.15) is 113 Å². The summed E-state index contributed by atoms with van der Waals surface area (Å²) in [4.78, 5) is 0. The standard InChI is InChI=1S/C30H44.C2H6/c1-22(11-8-14-29-24(3)12-9-19-30(29,5)6)10-7-13-26-15-17-27(18-16-26)28-21-23(2)20-25(28)4;1-2/h8,10-11,15,21,25,27H,2,7,9,12-14,16-20H2,1,3-6H3;1-2H3/b11-8?,22-10+;. The lowest BCUT2D eigenvalue weighted by Gasteiger charge is -2.34.